The van der Waals surface area contributed by atoms with Gasteiger partial charge in [-0.3, -0.25) is 4.79 Å². The molecular weight excluding hydrogens is 218 g/mol. The first-order valence-corrected chi connectivity index (χ1v) is 5.97. The highest BCUT2D eigenvalue weighted by molar-refractivity contribution is 5.70. The van der Waals surface area contributed by atoms with Crippen molar-refractivity contribution in [3.05, 3.63) is 18.2 Å². The van der Waals surface area contributed by atoms with Gasteiger partial charge < -0.3 is 15.0 Å². The summed E-state index contributed by atoms with van der Waals surface area (Å²) in [5.41, 5.74) is 7.02. The van der Waals surface area contributed by atoms with Crippen LogP contribution in [0, 0.1) is 0 Å². The van der Waals surface area contributed by atoms with E-state index < -0.39 is 0 Å². The molecule has 2 rings (SSSR count). The molecule has 1 aromatic heterocycles. The molecule has 0 saturated heterocycles. The van der Waals surface area contributed by atoms with Gasteiger partial charge in [0.2, 0.25) is 0 Å². The molecule has 0 aromatic carbocycles. The third-order valence-corrected chi connectivity index (χ3v) is 3.27. The highest BCUT2D eigenvalue weighted by atomic mass is 16.5. The lowest BCUT2D eigenvalue weighted by Crippen LogP contribution is -2.28. The molecule has 0 radical (unpaired) electrons. The van der Waals surface area contributed by atoms with Crippen molar-refractivity contribution in [1.29, 1.82) is 0 Å². The molecule has 1 saturated carbocycles. The summed E-state index contributed by atoms with van der Waals surface area (Å²) in [5.74, 6) is -0.249. The number of nitrogens with two attached hydrogens (primary N) is 1. The molecule has 1 aliphatic rings. The van der Waals surface area contributed by atoms with E-state index in [0.29, 0.717) is 12.5 Å². The number of methoxy groups -OCH3 is 1. The van der Waals surface area contributed by atoms with E-state index in [1.807, 2.05) is 19.4 Å². The molecule has 5 heteroatoms. The van der Waals surface area contributed by atoms with Gasteiger partial charge in [-0.1, -0.05) is 0 Å². The summed E-state index contributed by atoms with van der Waals surface area (Å²) < 4.78 is 6.87. The van der Waals surface area contributed by atoms with Crippen LogP contribution < -0.4 is 5.73 Å². The number of aromatic nitrogens is 2. The Kier molecular flexibility index (Phi) is 3.47. The van der Waals surface area contributed by atoms with Crippen molar-refractivity contribution in [2.45, 2.75) is 44.2 Å². The van der Waals surface area contributed by atoms with Crippen LogP contribution in [0.4, 0.5) is 0 Å². The van der Waals surface area contributed by atoms with Crippen LogP contribution in [0.2, 0.25) is 0 Å². The zero-order chi connectivity index (χ0) is 12.4. The molecule has 2 N–H and O–H groups in total. The number of carbonyl (C=O) groups excluding carboxylic acids is 1. The second-order valence-corrected chi connectivity index (χ2v) is 4.70. The molecule has 1 aromatic rings. The van der Waals surface area contributed by atoms with Crippen molar-refractivity contribution in [2.75, 3.05) is 7.11 Å². The Hall–Kier alpha value is -1.36. The van der Waals surface area contributed by atoms with E-state index in [1.54, 1.807) is 0 Å². The highest BCUT2D eigenvalue weighted by Gasteiger charge is 2.30. The van der Waals surface area contributed by atoms with Gasteiger partial charge in [0.1, 0.15) is 0 Å². The monoisotopic (exact) mass is 237 g/mol. The smallest absolute Gasteiger partial charge is 0.306 e. The van der Waals surface area contributed by atoms with E-state index in [9.17, 15) is 4.79 Å². The number of esters is 1. The van der Waals surface area contributed by atoms with Crippen LogP contribution in [0.1, 0.15) is 43.8 Å². The normalized spacial score (nSPS) is 18.8. The largest absolute Gasteiger partial charge is 0.469 e. The zero-order valence-corrected chi connectivity index (χ0v) is 10.3. The molecule has 1 fully saturated rings. The number of ether oxygens (including phenoxy) is 1. The molecule has 1 heterocycles. The quantitative estimate of drug-likeness (QED) is 0.781. The summed E-state index contributed by atoms with van der Waals surface area (Å²) in [6, 6.07) is 0.453. The molecule has 94 valence electrons. The minimum absolute atomic E-state index is 0.0226. The summed E-state index contributed by atoms with van der Waals surface area (Å²) in [6.07, 6.45) is 6.34. The Balaban J connectivity index is 2.19. The van der Waals surface area contributed by atoms with Gasteiger partial charge in [0.25, 0.3) is 0 Å². The van der Waals surface area contributed by atoms with Crippen LogP contribution in [0.3, 0.4) is 0 Å². The van der Waals surface area contributed by atoms with Gasteiger partial charge in [-0.15, -0.1) is 0 Å². The fourth-order valence-electron chi connectivity index (χ4n) is 2.08. The summed E-state index contributed by atoms with van der Waals surface area (Å²) in [5, 5.41) is 0. The van der Waals surface area contributed by atoms with Gasteiger partial charge in [-0.05, 0) is 19.8 Å². The molecule has 5 nitrogen and oxygen atoms in total. The van der Waals surface area contributed by atoms with Gasteiger partial charge in [0.05, 0.1) is 19.9 Å². The number of rotatable bonds is 5. The Morgan fingerprint density at radius 1 is 1.71 bits per heavy atom. The predicted octanol–water partition coefficient (Wildman–Crippen LogP) is 1.21. The van der Waals surface area contributed by atoms with Gasteiger partial charge in [0.15, 0.2) is 0 Å². The SMILES string of the molecule is COC(=O)CC(c1cncn1C1CC1)C(C)N. The van der Waals surface area contributed by atoms with E-state index in [-0.39, 0.29) is 17.9 Å². The molecular formula is C12H19N3O2. The summed E-state index contributed by atoms with van der Waals surface area (Å²) in [7, 11) is 1.40. The number of imidazole rings is 1. The van der Waals surface area contributed by atoms with E-state index in [0.717, 1.165) is 5.69 Å². The Bertz CT molecular complexity index is 396. The van der Waals surface area contributed by atoms with Gasteiger partial charge in [0, 0.05) is 29.9 Å². The highest BCUT2D eigenvalue weighted by Crippen LogP contribution is 2.38. The van der Waals surface area contributed by atoms with Crippen molar-refractivity contribution in [2.24, 2.45) is 5.73 Å². The predicted molar refractivity (Wildman–Crippen MR) is 63.5 cm³/mol. The maximum Gasteiger partial charge on any atom is 0.306 e. The lowest BCUT2D eigenvalue weighted by Gasteiger charge is -2.21. The number of carbonyl (C=O) groups is 1. The molecule has 0 aliphatic heterocycles. The molecule has 0 amide bonds. The molecule has 17 heavy (non-hydrogen) atoms. The standard InChI is InChI=1S/C12H19N3O2/c1-8(13)10(5-12(16)17-2)11-6-14-7-15(11)9-3-4-9/h6-10H,3-5,13H2,1-2H3. The van der Waals surface area contributed by atoms with Crippen LogP contribution >= 0.6 is 0 Å². The van der Waals surface area contributed by atoms with Gasteiger partial charge in [-0.2, -0.15) is 0 Å². The topological polar surface area (TPSA) is 70.1 Å². The minimum atomic E-state index is -0.226. The van der Waals surface area contributed by atoms with Crippen LogP contribution in [0.15, 0.2) is 12.5 Å². The van der Waals surface area contributed by atoms with Crippen molar-refractivity contribution < 1.29 is 9.53 Å². The second kappa shape index (κ2) is 4.87. The molecule has 1 aliphatic carbocycles. The maximum atomic E-state index is 11.4. The first kappa shape index (κ1) is 12.1. The number of nitrogens with zero attached hydrogens (tertiary/aromatic N) is 2. The van der Waals surface area contributed by atoms with Crippen molar-refractivity contribution in [3.8, 4) is 0 Å². The van der Waals surface area contributed by atoms with E-state index in [2.05, 4.69) is 9.55 Å². The fourth-order valence-corrected chi connectivity index (χ4v) is 2.08. The first-order valence-electron chi connectivity index (χ1n) is 5.97. The van der Waals surface area contributed by atoms with Crippen LogP contribution in [-0.4, -0.2) is 28.7 Å². The summed E-state index contributed by atoms with van der Waals surface area (Å²) in [4.78, 5) is 15.6. The molecule has 0 spiro atoms. The van der Waals surface area contributed by atoms with Crippen molar-refractivity contribution >= 4 is 5.97 Å². The van der Waals surface area contributed by atoms with Gasteiger partial charge in [-0.25, -0.2) is 4.98 Å². The number of hydrogen-bond donors (Lipinski definition) is 1. The van der Waals surface area contributed by atoms with E-state index in [4.69, 9.17) is 10.5 Å². The number of hydrogen-bond acceptors (Lipinski definition) is 4. The molecule has 2 unspecified atom stereocenters. The Morgan fingerprint density at radius 3 is 2.94 bits per heavy atom. The third-order valence-electron chi connectivity index (χ3n) is 3.27. The van der Waals surface area contributed by atoms with Crippen LogP contribution in [0.5, 0.6) is 0 Å². The average Bonchev–Trinajstić information content (AvgIpc) is 3.04. The first-order chi connectivity index (χ1) is 8.13. The lowest BCUT2D eigenvalue weighted by atomic mass is 9.94. The zero-order valence-electron chi connectivity index (χ0n) is 10.3. The summed E-state index contributed by atoms with van der Waals surface area (Å²) >= 11 is 0. The maximum absolute atomic E-state index is 11.4. The third kappa shape index (κ3) is 2.66. The van der Waals surface area contributed by atoms with E-state index >= 15 is 0 Å². The van der Waals surface area contributed by atoms with Crippen molar-refractivity contribution in [1.82, 2.24) is 9.55 Å². The summed E-state index contributed by atoms with van der Waals surface area (Å²) in [6.45, 7) is 1.91. The van der Waals surface area contributed by atoms with Gasteiger partial charge >= 0.3 is 5.97 Å². The van der Waals surface area contributed by atoms with Crippen molar-refractivity contribution in [3.63, 3.8) is 0 Å². The molecule has 0 bridgehead atoms. The Morgan fingerprint density at radius 2 is 2.41 bits per heavy atom. The average molecular weight is 237 g/mol. The Labute approximate surface area is 101 Å². The second-order valence-electron chi connectivity index (χ2n) is 4.70. The lowest BCUT2D eigenvalue weighted by molar-refractivity contribution is -0.141. The van der Waals surface area contributed by atoms with E-state index in [1.165, 1.54) is 20.0 Å². The van der Waals surface area contributed by atoms with Crippen LogP contribution in [-0.2, 0) is 9.53 Å². The fraction of sp³-hybridized carbons (Fsp3) is 0.667. The molecule has 2 atom stereocenters. The minimum Gasteiger partial charge on any atom is -0.469 e. The van der Waals surface area contributed by atoms with Crippen LogP contribution in [0.25, 0.3) is 0 Å².